The summed E-state index contributed by atoms with van der Waals surface area (Å²) in [6.45, 7) is 6.45. The van der Waals surface area contributed by atoms with Gasteiger partial charge in [-0.05, 0) is 30.5 Å². The molecule has 0 aliphatic carbocycles. The first-order valence-corrected chi connectivity index (χ1v) is 6.04. The lowest BCUT2D eigenvalue weighted by molar-refractivity contribution is 0.201. The molecule has 0 spiro atoms. The van der Waals surface area contributed by atoms with E-state index in [1.165, 1.54) is 5.56 Å². The number of aliphatic hydroxyl groups excluding tert-OH is 1. The number of aliphatic hydroxyl groups is 1. The van der Waals surface area contributed by atoms with Crippen LogP contribution >= 0.6 is 11.6 Å². The fourth-order valence-corrected chi connectivity index (χ4v) is 1.75. The van der Waals surface area contributed by atoms with Gasteiger partial charge in [0.25, 0.3) is 0 Å². The summed E-state index contributed by atoms with van der Waals surface area (Å²) in [6.07, 6.45) is 0. The zero-order valence-corrected chi connectivity index (χ0v) is 10.8. The van der Waals surface area contributed by atoms with Crippen molar-refractivity contribution in [2.75, 3.05) is 6.61 Å². The molecule has 1 aromatic rings. The molecular formula is C13H20ClNO. The average Bonchev–Trinajstić information content (AvgIpc) is 2.26. The van der Waals surface area contributed by atoms with E-state index in [1.807, 2.05) is 24.3 Å². The van der Waals surface area contributed by atoms with Crippen molar-refractivity contribution in [3.63, 3.8) is 0 Å². The third-order valence-corrected chi connectivity index (χ3v) is 3.09. The van der Waals surface area contributed by atoms with Gasteiger partial charge in [0.05, 0.1) is 6.61 Å². The molecule has 0 fully saturated rings. The molecule has 0 heterocycles. The molecule has 0 bridgehead atoms. The maximum Gasteiger partial charge on any atom is 0.0587 e. The monoisotopic (exact) mass is 241 g/mol. The molecule has 2 atom stereocenters. The van der Waals surface area contributed by atoms with Crippen molar-refractivity contribution < 1.29 is 5.11 Å². The fraction of sp³-hybridized carbons (Fsp3) is 0.538. The van der Waals surface area contributed by atoms with Crippen LogP contribution in [0.25, 0.3) is 0 Å². The summed E-state index contributed by atoms with van der Waals surface area (Å²) < 4.78 is 0. The van der Waals surface area contributed by atoms with Crippen LogP contribution in [0.4, 0.5) is 0 Å². The second-order valence-corrected chi connectivity index (χ2v) is 4.91. The molecule has 3 heteroatoms. The molecule has 0 saturated carbocycles. The van der Waals surface area contributed by atoms with Crippen LogP contribution in [0.3, 0.4) is 0 Å². The van der Waals surface area contributed by atoms with Gasteiger partial charge in [0, 0.05) is 17.1 Å². The van der Waals surface area contributed by atoms with Crippen molar-refractivity contribution in [2.45, 2.75) is 32.9 Å². The standard InChI is InChI=1S/C13H20ClNO/c1-9(2)13(8-16)15-10(3)11-4-6-12(14)7-5-11/h4-7,9-10,13,15-16H,8H2,1-3H3/t10-,13+/m1/s1. The van der Waals surface area contributed by atoms with Gasteiger partial charge < -0.3 is 10.4 Å². The van der Waals surface area contributed by atoms with Gasteiger partial charge in [-0.2, -0.15) is 0 Å². The maximum atomic E-state index is 9.25. The summed E-state index contributed by atoms with van der Waals surface area (Å²) in [7, 11) is 0. The summed E-state index contributed by atoms with van der Waals surface area (Å²) in [5.74, 6) is 0.416. The molecule has 0 radical (unpaired) electrons. The van der Waals surface area contributed by atoms with E-state index in [4.69, 9.17) is 11.6 Å². The minimum atomic E-state index is 0.130. The Morgan fingerprint density at radius 2 is 1.75 bits per heavy atom. The van der Waals surface area contributed by atoms with Gasteiger partial charge in [-0.3, -0.25) is 0 Å². The predicted octanol–water partition coefficient (Wildman–Crippen LogP) is 3.01. The largest absolute Gasteiger partial charge is 0.395 e. The van der Waals surface area contributed by atoms with Crippen LogP contribution in [0, 0.1) is 5.92 Å². The number of hydrogen-bond acceptors (Lipinski definition) is 2. The molecule has 1 aromatic carbocycles. The van der Waals surface area contributed by atoms with Crippen molar-refractivity contribution in [1.29, 1.82) is 0 Å². The SMILES string of the molecule is CC(C)[C@H](CO)N[C@H](C)c1ccc(Cl)cc1. The van der Waals surface area contributed by atoms with E-state index in [0.29, 0.717) is 5.92 Å². The van der Waals surface area contributed by atoms with E-state index >= 15 is 0 Å². The van der Waals surface area contributed by atoms with Crippen LogP contribution in [0.2, 0.25) is 5.02 Å². The molecule has 90 valence electrons. The molecule has 16 heavy (non-hydrogen) atoms. The summed E-state index contributed by atoms with van der Waals surface area (Å²) >= 11 is 5.84. The van der Waals surface area contributed by atoms with Crippen LogP contribution in [0.5, 0.6) is 0 Å². The zero-order valence-electron chi connectivity index (χ0n) is 10.1. The second-order valence-electron chi connectivity index (χ2n) is 4.47. The number of benzene rings is 1. The highest BCUT2D eigenvalue weighted by Gasteiger charge is 2.15. The Kier molecular flexibility index (Phi) is 5.26. The highest BCUT2D eigenvalue weighted by Crippen LogP contribution is 2.17. The normalized spacial score (nSPS) is 15.1. The van der Waals surface area contributed by atoms with Gasteiger partial charge in [0.1, 0.15) is 0 Å². The minimum absolute atomic E-state index is 0.130. The smallest absolute Gasteiger partial charge is 0.0587 e. The molecule has 0 unspecified atom stereocenters. The minimum Gasteiger partial charge on any atom is -0.395 e. The van der Waals surface area contributed by atoms with Crippen molar-refractivity contribution in [3.05, 3.63) is 34.9 Å². The topological polar surface area (TPSA) is 32.3 Å². The fourth-order valence-electron chi connectivity index (χ4n) is 1.62. The lowest BCUT2D eigenvalue weighted by Crippen LogP contribution is -2.38. The van der Waals surface area contributed by atoms with Crippen LogP contribution in [0.15, 0.2) is 24.3 Å². The van der Waals surface area contributed by atoms with Gasteiger partial charge in [-0.25, -0.2) is 0 Å². The average molecular weight is 242 g/mol. The molecule has 0 aliphatic rings. The van der Waals surface area contributed by atoms with Crippen molar-refractivity contribution in [3.8, 4) is 0 Å². The van der Waals surface area contributed by atoms with Gasteiger partial charge in [0.2, 0.25) is 0 Å². The van der Waals surface area contributed by atoms with Crippen molar-refractivity contribution in [1.82, 2.24) is 5.32 Å². The number of nitrogens with one attached hydrogen (secondary N) is 1. The number of halogens is 1. The van der Waals surface area contributed by atoms with Crippen molar-refractivity contribution in [2.24, 2.45) is 5.92 Å². The quantitative estimate of drug-likeness (QED) is 0.831. The number of hydrogen-bond donors (Lipinski definition) is 2. The molecule has 0 saturated heterocycles. The molecule has 2 N–H and O–H groups in total. The maximum absolute atomic E-state index is 9.25. The van der Waals surface area contributed by atoms with Crippen LogP contribution in [-0.2, 0) is 0 Å². The summed E-state index contributed by atoms with van der Waals surface area (Å²) in [6, 6.07) is 8.14. The van der Waals surface area contributed by atoms with E-state index < -0.39 is 0 Å². The predicted molar refractivity (Wildman–Crippen MR) is 68.7 cm³/mol. The van der Waals surface area contributed by atoms with E-state index in [-0.39, 0.29) is 18.7 Å². The Balaban J connectivity index is 2.64. The van der Waals surface area contributed by atoms with Gasteiger partial charge in [-0.15, -0.1) is 0 Å². The van der Waals surface area contributed by atoms with Gasteiger partial charge in [-0.1, -0.05) is 37.6 Å². The first-order valence-electron chi connectivity index (χ1n) is 5.67. The summed E-state index contributed by atoms with van der Waals surface area (Å²) in [4.78, 5) is 0. The number of rotatable bonds is 5. The Morgan fingerprint density at radius 1 is 1.19 bits per heavy atom. The highest BCUT2D eigenvalue weighted by atomic mass is 35.5. The molecule has 0 aromatic heterocycles. The van der Waals surface area contributed by atoms with E-state index in [2.05, 4.69) is 26.1 Å². The van der Waals surface area contributed by atoms with Crippen LogP contribution in [-0.4, -0.2) is 17.8 Å². The molecule has 0 amide bonds. The molecule has 2 nitrogen and oxygen atoms in total. The summed E-state index contributed by atoms with van der Waals surface area (Å²) in [5, 5.41) is 13.4. The third kappa shape index (κ3) is 3.78. The first kappa shape index (κ1) is 13.5. The van der Waals surface area contributed by atoms with Crippen LogP contribution in [0.1, 0.15) is 32.4 Å². The first-order chi connectivity index (χ1) is 7.54. The van der Waals surface area contributed by atoms with E-state index in [0.717, 1.165) is 5.02 Å². The Morgan fingerprint density at radius 3 is 2.19 bits per heavy atom. The van der Waals surface area contributed by atoms with Gasteiger partial charge in [0.15, 0.2) is 0 Å². The Hall–Kier alpha value is -0.570. The zero-order chi connectivity index (χ0) is 12.1. The third-order valence-electron chi connectivity index (χ3n) is 2.84. The lowest BCUT2D eigenvalue weighted by Gasteiger charge is -2.25. The van der Waals surface area contributed by atoms with Crippen molar-refractivity contribution >= 4 is 11.6 Å². The molecular weight excluding hydrogens is 222 g/mol. The van der Waals surface area contributed by atoms with Gasteiger partial charge >= 0.3 is 0 Å². The lowest BCUT2D eigenvalue weighted by atomic mass is 10.0. The van der Waals surface area contributed by atoms with E-state index in [1.54, 1.807) is 0 Å². The Labute approximate surface area is 103 Å². The molecule has 0 aliphatic heterocycles. The van der Waals surface area contributed by atoms with Crippen LogP contribution < -0.4 is 5.32 Å². The molecule has 1 rings (SSSR count). The second kappa shape index (κ2) is 6.24. The Bertz CT molecular complexity index is 310. The van der Waals surface area contributed by atoms with E-state index in [9.17, 15) is 5.11 Å². The summed E-state index contributed by atoms with van der Waals surface area (Å²) in [5.41, 5.74) is 1.18. The highest BCUT2D eigenvalue weighted by molar-refractivity contribution is 6.30.